The molecular weight excluding hydrogens is 318 g/mol. The molecule has 0 saturated carbocycles. The molecule has 1 aromatic rings. The molecule has 0 bridgehead atoms. The third-order valence-corrected chi connectivity index (χ3v) is 5.12. The lowest BCUT2D eigenvalue weighted by Crippen LogP contribution is -2.37. The maximum absolute atomic E-state index is 11.2. The van der Waals surface area contributed by atoms with E-state index in [1.165, 1.54) is 17.1 Å². The van der Waals surface area contributed by atoms with Gasteiger partial charge in [0.1, 0.15) is 0 Å². The topological polar surface area (TPSA) is 95.8 Å². The molecule has 0 atom stereocenters. The zero-order valence-corrected chi connectivity index (χ0v) is 13.5. The van der Waals surface area contributed by atoms with Gasteiger partial charge < -0.3 is 10.6 Å². The van der Waals surface area contributed by atoms with E-state index in [0.717, 1.165) is 17.2 Å². The van der Waals surface area contributed by atoms with Crippen molar-refractivity contribution in [1.82, 2.24) is 15.0 Å². The summed E-state index contributed by atoms with van der Waals surface area (Å²) < 4.78 is 33.7. The van der Waals surface area contributed by atoms with Crippen molar-refractivity contribution in [3.05, 3.63) is 16.6 Å². The Labute approximate surface area is 126 Å². The van der Waals surface area contributed by atoms with Crippen LogP contribution >= 0.6 is 23.3 Å². The summed E-state index contributed by atoms with van der Waals surface area (Å²) in [5.41, 5.74) is 2.32. The predicted molar refractivity (Wildman–Crippen MR) is 83.9 cm³/mol. The van der Waals surface area contributed by atoms with E-state index in [9.17, 15) is 8.42 Å². The van der Waals surface area contributed by atoms with Gasteiger partial charge in [-0.2, -0.15) is 24.6 Å². The number of hydrogen-bond acceptors (Lipinski definition) is 7. The second kappa shape index (κ2) is 6.55. The zero-order chi connectivity index (χ0) is 14.6. The third kappa shape index (κ3) is 3.93. The van der Waals surface area contributed by atoms with Crippen LogP contribution in [0.25, 0.3) is 0 Å². The van der Waals surface area contributed by atoms with Crippen LogP contribution in [-0.2, 0) is 16.0 Å². The Hall–Kier alpha value is -1.13. The van der Waals surface area contributed by atoms with Gasteiger partial charge in [-0.3, -0.25) is 0 Å². The summed E-state index contributed by atoms with van der Waals surface area (Å²) in [6, 6.07) is 0. The molecule has 0 aliphatic carbocycles. The monoisotopic (exact) mass is 333 g/mol. The molecule has 1 aliphatic heterocycles. The standard InChI is InChI=1S/C10H15N5O2S3/c1-7-8(6-19-13-7)5-18-4-3-12-10-9(11-2)14-20(16,17)15-10/h6H,3-5H2,1-2H3,(H,11,14)(H,12,15). The van der Waals surface area contributed by atoms with E-state index in [-0.39, 0.29) is 11.7 Å². The Bertz CT molecular complexity index is 635. The van der Waals surface area contributed by atoms with E-state index >= 15 is 0 Å². The molecule has 2 N–H and O–H groups in total. The molecule has 7 nitrogen and oxygen atoms in total. The van der Waals surface area contributed by atoms with Crippen LogP contribution < -0.4 is 10.6 Å². The van der Waals surface area contributed by atoms with Gasteiger partial charge in [0, 0.05) is 30.5 Å². The molecule has 0 aromatic carbocycles. The molecule has 1 aliphatic rings. The fraction of sp³-hybridized carbons (Fsp3) is 0.500. The molecule has 1 aromatic heterocycles. The molecule has 2 heterocycles. The van der Waals surface area contributed by atoms with Crippen LogP contribution in [0.15, 0.2) is 14.2 Å². The van der Waals surface area contributed by atoms with Gasteiger partial charge in [-0.1, -0.05) is 0 Å². The first-order chi connectivity index (χ1) is 9.52. The Kier molecular flexibility index (Phi) is 5.00. The summed E-state index contributed by atoms with van der Waals surface area (Å²) in [6.07, 6.45) is 0. The smallest absolute Gasteiger partial charge is 0.367 e. The quantitative estimate of drug-likeness (QED) is 0.764. The second-order valence-electron chi connectivity index (χ2n) is 3.98. The SMILES string of the molecule is CNC1=NS(=O)(=O)N=C1NCCSCc1csnc1C. The first kappa shape index (κ1) is 15.3. The van der Waals surface area contributed by atoms with Crippen molar-refractivity contribution in [3.63, 3.8) is 0 Å². The van der Waals surface area contributed by atoms with E-state index in [4.69, 9.17) is 0 Å². The van der Waals surface area contributed by atoms with Crippen molar-refractivity contribution in [1.29, 1.82) is 0 Å². The number of aryl methyl sites for hydroxylation is 1. The largest absolute Gasteiger partial charge is 0.369 e. The third-order valence-electron chi connectivity index (χ3n) is 2.52. The van der Waals surface area contributed by atoms with E-state index in [0.29, 0.717) is 6.54 Å². The van der Waals surface area contributed by atoms with Gasteiger partial charge in [0.15, 0.2) is 11.7 Å². The second-order valence-corrected chi connectivity index (χ2v) is 6.98. The number of likely N-dealkylation sites (N-methyl/N-ethyl adjacent to an activating group) is 1. The van der Waals surface area contributed by atoms with Crippen molar-refractivity contribution in [3.8, 4) is 0 Å². The lowest BCUT2D eigenvalue weighted by Gasteiger charge is -2.06. The average Bonchev–Trinajstić information content (AvgIpc) is 2.92. The summed E-state index contributed by atoms with van der Waals surface area (Å²) >= 11 is 3.22. The zero-order valence-electron chi connectivity index (χ0n) is 11.1. The highest BCUT2D eigenvalue weighted by Gasteiger charge is 2.22. The summed E-state index contributed by atoms with van der Waals surface area (Å²) in [5, 5.41) is 7.73. The van der Waals surface area contributed by atoms with Crippen LogP contribution in [-0.4, -0.2) is 43.8 Å². The summed E-state index contributed by atoms with van der Waals surface area (Å²) in [4.78, 5) is 0. The van der Waals surface area contributed by atoms with Crippen LogP contribution in [0.2, 0.25) is 0 Å². The fourth-order valence-corrected chi connectivity index (χ4v) is 4.04. The van der Waals surface area contributed by atoms with E-state index in [1.54, 1.807) is 18.8 Å². The van der Waals surface area contributed by atoms with E-state index in [1.807, 2.05) is 6.92 Å². The first-order valence-corrected chi connectivity index (χ1v) is 9.25. The molecule has 110 valence electrons. The highest BCUT2D eigenvalue weighted by molar-refractivity contribution is 7.98. The predicted octanol–water partition coefficient (Wildman–Crippen LogP) is 0.549. The van der Waals surface area contributed by atoms with Gasteiger partial charge in [0.25, 0.3) is 0 Å². The Morgan fingerprint density at radius 2 is 2.10 bits per heavy atom. The number of aromatic nitrogens is 1. The Morgan fingerprint density at radius 1 is 1.35 bits per heavy atom. The number of rotatable bonds is 5. The van der Waals surface area contributed by atoms with Crippen molar-refractivity contribution < 1.29 is 8.42 Å². The van der Waals surface area contributed by atoms with Gasteiger partial charge in [-0.05, 0) is 24.0 Å². The Balaban J connectivity index is 1.74. The molecule has 0 spiro atoms. The number of amidine groups is 2. The van der Waals surface area contributed by atoms with Gasteiger partial charge >= 0.3 is 10.2 Å². The van der Waals surface area contributed by atoms with Gasteiger partial charge in [-0.25, -0.2) is 0 Å². The summed E-state index contributed by atoms with van der Waals surface area (Å²) in [6.45, 7) is 2.62. The lowest BCUT2D eigenvalue weighted by atomic mass is 10.3. The van der Waals surface area contributed by atoms with Gasteiger partial charge in [-0.15, -0.1) is 8.80 Å². The molecular formula is C10H15N5O2S3. The van der Waals surface area contributed by atoms with Gasteiger partial charge in [0.05, 0.1) is 5.69 Å². The molecule has 0 amide bonds. The van der Waals surface area contributed by atoms with Crippen LogP contribution in [0.4, 0.5) is 0 Å². The minimum atomic E-state index is -3.70. The maximum atomic E-state index is 11.2. The minimum Gasteiger partial charge on any atom is -0.369 e. The van der Waals surface area contributed by atoms with Crippen molar-refractivity contribution in [2.75, 3.05) is 19.3 Å². The number of thioether (sulfide) groups is 1. The van der Waals surface area contributed by atoms with Gasteiger partial charge in [0.2, 0.25) is 0 Å². The normalized spacial score (nSPS) is 16.7. The average molecular weight is 333 g/mol. The first-order valence-electron chi connectivity index (χ1n) is 5.86. The highest BCUT2D eigenvalue weighted by Crippen LogP contribution is 2.16. The highest BCUT2D eigenvalue weighted by atomic mass is 32.2. The lowest BCUT2D eigenvalue weighted by molar-refractivity contribution is 0.600. The Morgan fingerprint density at radius 3 is 2.75 bits per heavy atom. The van der Waals surface area contributed by atoms with Crippen molar-refractivity contribution >= 4 is 45.2 Å². The minimum absolute atomic E-state index is 0.257. The van der Waals surface area contributed by atoms with Crippen molar-refractivity contribution in [2.45, 2.75) is 12.7 Å². The van der Waals surface area contributed by atoms with Crippen LogP contribution in [0.3, 0.4) is 0 Å². The van der Waals surface area contributed by atoms with E-state index in [2.05, 4.69) is 29.2 Å². The number of nitrogens with zero attached hydrogens (tertiary/aromatic N) is 3. The maximum Gasteiger partial charge on any atom is 0.367 e. The van der Waals surface area contributed by atoms with Crippen LogP contribution in [0, 0.1) is 6.92 Å². The fourth-order valence-electron chi connectivity index (χ4n) is 1.49. The van der Waals surface area contributed by atoms with E-state index < -0.39 is 10.2 Å². The molecule has 0 unspecified atom stereocenters. The molecule has 0 radical (unpaired) electrons. The molecule has 0 fully saturated rings. The summed E-state index contributed by atoms with van der Waals surface area (Å²) in [7, 11) is -2.09. The molecule has 10 heteroatoms. The van der Waals surface area contributed by atoms with Crippen molar-refractivity contribution in [2.24, 2.45) is 8.80 Å². The molecule has 0 saturated heterocycles. The van der Waals surface area contributed by atoms with Crippen LogP contribution in [0.1, 0.15) is 11.3 Å². The van der Waals surface area contributed by atoms with Crippen LogP contribution in [0.5, 0.6) is 0 Å². The number of nitrogens with one attached hydrogen (secondary N) is 2. The molecule has 2 rings (SSSR count). The molecule has 20 heavy (non-hydrogen) atoms. The number of hydrogen-bond donors (Lipinski definition) is 2. The summed E-state index contributed by atoms with van der Waals surface area (Å²) in [5.74, 6) is 2.28.